The zero-order chi connectivity index (χ0) is 15.3. The molecule has 0 aliphatic carbocycles. The molecule has 0 aromatic rings. The smallest absolute Gasteiger partial charge is 0.401 e. The lowest BCUT2D eigenvalue weighted by Gasteiger charge is -2.23. The summed E-state index contributed by atoms with van der Waals surface area (Å²) in [6.07, 6.45) is -2.76. The molecule has 116 valence electrons. The number of alkyl halides is 3. The third kappa shape index (κ3) is 5.68. The molecule has 0 aromatic heterocycles. The molecular weight excluding hydrogens is 276 g/mol. The molecule has 1 aliphatic heterocycles. The van der Waals surface area contributed by atoms with Crippen LogP contribution in [0, 0.1) is 5.92 Å². The largest absolute Gasteiger partial charge is 0.480 e. The summed E-state index contributed by atoms with van der Waals surface area (Å²) in [6.45, 7) is 0.209. The highest BCUT2D eigenvalue weighted by atomic mass is 19.4. The first-order chi connectivity index (χ1) is 9.20. The van der Waals surface area contributed by atoms with Gasteiger partial charge in [0, 0.05) is 18.5 Å². The maximum absolute atomic E-state index is 12.2. The van der Waals surface area contributed by atoms with Gasteiger partial charge < -0.3 is 20.8 Å². The van der Waals surface area contributed by atoms with Crippen molar-refractivity contribution in [2.75, 3.05) is 13.1 Å². The van der Waals surface area contributed by atoms with Crippen molar-refractivity contribution in [3.63, 3.8) is 0 Å². The van der Waals surface area contributed by atoms with Crippen molar-refractivity contribution in [1.82, 2.24) is 10.6 Å². The van der Waals surface area contributed by atoms with E-state index in [0.29, 0.717) is 19.2 Å². The molecule has 5 nitrogen and oxygen atoms in total. The van der Waals surface area contributed by atoms with Crippen molar-refractivity contribution in [3.8, 4) is 0 Å². The second kappa shape index (κ2) is 7.28. The van der Waals surface area contributed by atoms with E-state index in [1.165, 1.54) is 0 Å². The van der Waals surface area contributed by atoms with Crippen LogP contribution in [-0.2, 0) is 4.79 Å². The molecule has 1 saturated heterocycles. The molecule has 1 heterocycles. The lowest BCUT2D eigenvalue weighted by molar-refractivity contribution is -0.140. The molecule has 0 aromatic carbocycles. The Morgan fingerprint density at radius 1 is 1.50 bits per heavy atom. The third-order valence-corrected chi connectivity index (χ3v) is 3.49. The monoisotopic (exact) mass is 296 g/mol. The highest BCUT2D eigenvalue weighted by Crippen LogP contribution is 2.24. The van der Waals surface area contributed by atoms with E-state index >= 15 is 0 Å². The summed E-state index contributed by atoms with van der Waals surface area (Å²) in [5, 5.41) is 23.4. The molecule has 3 atom stereocenters. The third-order valence-electron chi connectivity index (χ3n) is 3.49. The van der Waals surface area contributed by atoms with Gasteiger partial charge in [-0.1, -0.05) is 13.2 Å². The summed E-state index contributed by atoms with van der Waals surface area (Å²) in [6, 6.07) is -1.36. The van der Waals surface area contributed by atoms with Gasteiger partial charge in [-0.15, -0.1) is 0 Å². The summed E-state index contributed by atoms with van der Waals surface area (Å²) in [5.74, 6) is -1.46. The zero-order valence-electron chi connectivity index (χ0n) is 11.3. The SMILES string of the molecule is CB(O)CCCC1C(NCC(F)(F)F)CNC1C(=O)O. The van der Waals surface area contributed by atoms with Gasteiger partial charge in [0.15, 0.2) is 0 Å². The summed E-state index contributed by atoms with van der Waals surface area (Å²) in [4.78, 5) is 11.1. The number of hydrogen-bond donors (Lipinski definition) is 4. The lowest BCUT2D eigenvalue weighted by atomic mass is 9.66. The predicted octanol–water partition coefficient (Wildman–Crippen LogP) is 0.573. The van der Waals surface area contributed by atoms with Gasteiger partial charge in [-0.05, 0) is 12.7 Å². The van der Waals surface area contributed by atoms with E-state index in [0.717, 1.165) is 0 Å². The molecule has 0 amide bonds. The van der Waals surface area contributed by atoms with Crippen LogP contribution in [0.25, 0.3) is 0 Å². The average molecular weight is 296 g/mol. The van der Waals surface area contributed by atoms with Crippen molar-refractivity contribution in [3.05, 3.63) is 0 Å². The normalized spacial score (nSPS) is 26.8. The van der Waals surface area contributed by atoms with E-state index in [1.807, 2.05) is 0 Å². The highest BCUT2D eigenvalue weighted by molar-refractivity contribution is 6.48. The molecule has 20 heavy (non-hydrogen) atoms. The zero-order valence-corrected chi connectivity index (χ0v) is 11.3. The van der Waals surface area contributed by atoms with E-state index in [9.17, 15) is 23.0 Å². The van der Waals surface area contributed by atoms with Gasteiger partial charge >= 0.3 is 12.1 Å². The fourth-order valence-electron chi connectivity index (χ4n) is 2.55. The summed E-state index contributed by atoms with van der Waals surface area (Å²) in [7, 11) is 0. The molecular formula is C11H20BF3N2O3. The number of nitrogens with one attached hydrogen (secondary N) is 2. The Kier molecular flexibility index (Phi) is 6.28. The summed E-state index contributed by atoms with van der Waals surface area (Å²) >= 11 is 0. The first-order valence-corrected chi connectivity index (χ1v) is 6.65. The molecule has 1 rings (SSSR count). The van der Waals surface area contributed by atoms with Crippen molar-refractivity contribution in [1.29, 1.82) is 0 Å². The van der Waals surface area contributed by atoms with Crippen molar-refractivity contribution in [2.45, 2.75) is 44.2 Å². The topological polar surface area (TPSA) is 81.6 Å². The Balaban J connectivity index is 2.55. The molecule has 9 heteroatoms. The fourth-order valence-corrected chi connectivity index (χ4v) is 2.55. The number of carbonyl (C=O) groups is 1. The molecule has 1 fully saturated rings. The van der Waals surface area contributed by atoms with E-state index in [1.54, 1.807) is 6.82 Å². The van der Waals surface area contributed by atoms with Crippen LogP contribution in [0.5, 0.6) is 0 Å². The molecule has 4 N–H and O–H groups in total. The lowest BCUT2D eigenvalue weighted by Crippen LogP contribution is -2.43. The van der Waals surface area contributed by atoms with E-state index < -0.39 is 43.6 Å². The summed E-state index contributed by atoms with van der Waals surface area (Å²) < 4.78 is 36.7. The Labute approximate surface area is 116 Å². The number of carboxylic acids is 1. The maximum Gasteiger partial charge on any atom is 0.401 e. The molecule has 0 bridgehead atoms. The van der Waals surface area contributed by atoms with Crippen LogP contribution >= 0.6 is 0 Å². The minimum atomic E-state index is -4.31. The van der Waals surface area contributed by atoms with Crippen molar-refractivity contribution in [2.24, 2.45) is 5.92 Å². The Morgan fingerprint density at radius 3 is 2.65 bits per heavy atom. The first-order valence-electron chi connectivity index (χ1n) is 6.65. The molecule has 3 unspecified atom stereocenters. The van der Waals surface area contributed by atoms with Crippen LogP contribution in [-0.4, -0.2) is 54.4 Å². The number of halogens is 3. The second-order valence-electron chi connectivity index (χ2n) is 5.27. The van der Waals surface area contributed by atoms with Gasteiger partial charge in [0.1, 0.15) is 6.04 Å². The van der Waals surface area contributed by atoms with E-state index in [4.69, 9.17) is 5.11 Å². The first kappa shape index (κ1) is 17.3. The maximum atomic E-state index is 12.2. The van der Waals surface area contributed by atoms with Crippen LogP contribution in [0.3, 0.4) is 0 Å². The van der Waals surface area contributed by atoms with E-state index in [2.05, 4.69) is 10.6 Å². The van der Waals surface area contributed by atoms with Gasteiger partial charge in [-0.2, -0.15) is 13.2 Å². The van der Waals surface area contributed by atoms with Crippen LogP contribution in [0.15, 0.2) is 0 Å². The summed E-state index contributed by atoms with van der Waals surface area (Å²) in [5.41, 5.74) is 0. The Bertz CT molecular complexity index is 329. The van der Waals surface area contributed by atoms with Crippen LogP contribution in [0.1, 0.15) is 12.8 Å². The van der Waals surface area contributed by atoms with Gasteiger partial charge in [0.2, 0.25) is 0 Å². The standard InChI is InChI=1S/C11H20BF3N2O3/c1-12(20)4-2-3-7-8(17-6-11(13,14)15)5-16-9(7)10(18)19/h7-9,16-17,20H,2-6H2,1H3,(H,18,19). The quantitative estimate of drug-likeness (QED) is 0.517. The van der Waals surface area contributed by atoms with Crippen molar-refractivity contribution >= 4 is 12.9 Å². The fraction of sp³-hybridized carbons (Fsp3) is 0.909. The minimum Gasteiger partial charge on any atom is -0.480 e. The molecule has 0 radical (unpaired) electrons. The van der Waals surface area contributed by atoms with Gasteiger partial charge in [-0.25, -0.2) is 0 Å². The van der Waals surface area contributed by atoms with E-state index in [-0.39, 0.29) is 6.54 Å². The molecule has 0 spiro atoms. The van der Waals surface area contributed by atoms with Crippen molar-refractivity contribution < 1.29 is 28.1 Å². The molecule has 1 aliphatic rings. The highest BCUT2D eigenvalue weighted by Gasteiger charge is 2.41. The Morgan fingerprint density at radius 2 is 2.15 bits per heavy atom. The predicted molar refractivity (Wildman–Crippen MR) is 68.6 cm³/mol. The van der Waals surface area contributed by atoms with Crippen LogP contribution in [0.2, 0.25) is 13.1 Å². The van der Waals surface area contributed by atoms with Crippen LogP contribution < -0.4 is 10.6 Å². The number of hydrogen-bond acceptors (Lipinski definition) is 4. The Hall–Kier alpha value is -0.795. The van der Waals surface area contributed by atoms with Crippen LogP contribution in [0.4, 0.5) is 13.2 Å². The second-order valence-corrected chi connectivity index (χ2v) is 5.27. The van der Waals surface area contributed by atoms with Gasteiger partial charge in [-0.3, -0.25) is 4.79 Å². The van der Waals surface area contributed by atoms with Gasteiger partial charge in [0.25, 0.3) is 6.92 Å². The average Bonchev–Trinajstić information content (AvgIpc) is 2.68. The molecule has 0 saturated carbocycles. The number of aliphatic carboxylic acids is 1. The number of carboxylic acid groups (broad SMARTS) is 1. The minimum absolute atomic E-state index is 0.201. The number of rotatable bonds is 7. The van der Waals surface area contributed by atoms with Gasteiger partial charge in [0.05, 0.1) is 6.54 Å².